The van der Waals surface area contributed by atoms with Gasteiger partial charge < -0.3 is 19.9 Å². The molecule has 0 unspecified atom stereocenters. The zero-order valence-electron chi connectivity index (χ0n) is 15.2. The van der Waals surface area contributed by atoms with Crippen LogP contribution in [0.5, 0.6) is 5.75 Å². The minimum absolute atomic E-state index is 0.0918. The number of hydrogen-bond acceptors (Lipinski definition) is 5. The van der Waals surface area contributed by atoms with Crippen molar-refractivity contribution >= 4 is 22.8 Å². The van der Waals surface area contributed by atoms with Crippen molar-refractivity contribution in [3.05, 3.63) is 47.9 Å². The van der Waals surface area contributed by atoms with Gasteiger partial charge in [-0.3, -0.25) is 4.79 Å². The van der Waals surface area contributed by atoms with E-state index in [9.17, 15) is 4.79 Å². The van der Waals surface area contributed by atoms with Crippen molar-refractivity contribution in [2.45, 2.75) is 20.4 Å². The molecule has 0 aliphatic heterocycles. The number of nitrogens with one attached hydrogen (secondary N) is 2. The summed E-state index contributed by atoms with van der Waals surface area (Å²) in [5.41, 5.74) is 2.86. The molecule has 3 aromatic rings. The highest BCUT2D eigenvalue weighted by atomic mass is 16.5. The lowest BCUT2D eigenvalue weighted by Gasteiger charge is -2.09. The second-order valence-electron chi connectivity index (χ2n) is 6.11. The number of aryl methyl sites for hydroxylation is 2. The third-order valence-corrected chi connectivity index (χ3v) is 4.04. The zero-order chi connectivity index (χ0) is 18.5. The van der Waals surface area contributed by atoms with Gasteiger partial charge in [0.25, 0.3) is 0 Å². The number of carbonyl (C=O) groups is 1. The van der Waals surface area contributed by atoms with Gasteiger partial charge in [0, 0.05) is 41.6 Å². The molecule has 0 bridgehead atoms. The maximum Gasteiger partial charge on any atom is 0.239 e. The summed E-state index contributed by atoms with van der Waals surface area (Å²) in [5, 5.41) is 6.98. The molecule has 2 heterocycles. The Morgan fingerprint density at radius 2 is 1.92 bits per heavy atom. The molecule has 7 nitrogen and oxygen atoms in total. The lowest BCUT2D eigenvalue weighted by atomic mass is 10.2. The summed E-state index contributed by atoms with van der Waals surface area (Å²) in [4.78, 5) is 20.5. The Labute approximate surface area is 152 Å². The number of rotatable bonds is 7. The van der Waals surface area contributed by atoms with Gasteiger partial charge in [0.2, 0.25) is 11.9 Å². The Morgan fingerprint density at radius 1 is 1.15 bits per heavy atom. The van der Waals surface area contributed by atoms with Gasteiger partial charge in [0.05, 0.1) is 13.7 Å². The number of fused-ring (bicyclic) bond motifs is 1. The average Bonchev–Trinajstić information content (AvgIpc) is 3.01. The van der Waals surface area contributed by atoms with Crippen molar-refractivity contribution in [1.82, 2.24) is 19.9 Å². The molecule has 1 aromatic carbocycles. The van der Waals surface area contributed by atoms with Gasteiger partial charge in [-0.2, -0.15) is 0 Å². The van der Waals surface area contributed by atoms with Crippen LogP contribution in [0.2, 0.25) is 0 Å². The van der Waals surface area contributed by atoms with E-state index in [4.69, 9.17) is 4.74 Å². The van der Waals surface area contributed by atoms with Crippen molar-refractivity contribution in [1.29, 1.82) is 0 Å². The molecule has 136 valence electrons. The van der Waals surface area contributed by atoms with E-state index in [1.54, 1.807) is 7.11 Å². The van der Waals surface area contributed by atoms with Crippen LogP contribution in [0.3, 0.4) is 0 Å². The first-order valence-electron chi connectivity index (χ1n) is 8.51. The molecule has 2 N–H and O–H groups in total. The Bertz CT molecular complexity index is 899. The molecule has 0 saturated carbocycles. The first-order valence-corrected chi connectivity index (χ1v) is 8.51. The van der Waals surface area contributed by atoms with Gasteiger partial charge in [-0.25, -0.2) is 9.97 Å². The number of methoxy groups -OCH3 is 1. The number of amides is 1. The molecule has 0 spiro atoms. The maximum absolute atomic E-state index is 12.0. The highest BCUT2D eigenvalue weighted by Gasteiger charge is 2.05. The van der Waals surface area contributed by atoms with Crippen molar-refractivity contribution in [3.63, 3.8) is 0 Å². The molecule has 0 fully saturated rings. The number of carbonyl (C=O) groups excluding carboxylic acids is 1. The van der Waals surface area contributed by atoms with E-state index in [2.05, 4.69) is 25.2 Å². The predicted octanol–water partition coefficient (Wildman–Crippen LogP) is 2.29. The van der Waals surface area contributed by atoms with E-state index < -0.39 is 0 Å². The number of ether oxygens (including phenoxy) is 1. The normalized spacial score (nSPS) is 10.7. The summed E-state index contributed by atoms with van der Waals surface area (Å²) in [6.45, 7) is 5.19. The lowest BCUT2D eigenvalue weighted by molar-refractivity contribution is -0.119. The quantitative estimate of drug-likeness (QED) is 0.681. The Hall–Kier alpha value is -3.09. The third kappa shape index (κ3) is 4.30. The molecule has 0 radical (unpaired) electrons. The highest BCUT2D eigenvalue weighted by Crippen LogP contribution is 2.21. The summed E-state index contributed by atoms with van der Waals surface area (Å²) in [5.74, 6) is 1.22. The van der Waals surface area contributed by atoms with E-state index in [0.717, 1.165) is 28.0 Å². The SMILES string of the molecule is COc1ccc2c(ccn2CCNC(=O)CNc2nc(C)cc(C)n2)c1. The first kappa shape index (κ1) is 17.7. The molecule has 0 aliphatic carbocycles. The van der Waals surface area contributed by atoms with Gasteiger partial charge in [0.1, 0.15) is 5.75 Å². The Balaban J connectivity index is 1.49. The molecular formula is C19H23N5O2. The first-order chi connectivity index (χ1) is 12.5. The summed E-state index contributed by atoms with van der Waals surface area (Å²) >= 11 is 0. The topological polar surface area (TPSA) is 81.1 Å². The van der Waals surface area contributed by atoms with E-state index in [1.165, 1.54) is 0 Å². The van der Waals surface area contributed by atoms with E-state index >= 15 is 0 Å². The molecular weight excluding hydrogens is 330 g/mol. The van der Waals surface area contributed by atoms with Gasteiger partial charge in [-0.05, 0) is 44.2 Å². The van der Waals surface area contributed by atoms with Crippen LogP contribution in [-0.2, 0) is 11.3 Å². The minimum atomic E-state index is -0.0918. The number of benzene rings is 1. The molecule has 0 aliphatic rings. The Morgan fingerprint density at radius 3 is 2.65 bits per heavy atom. The van der Waals surface area contributed by atoms with Crippen LogP contribution in [0.15, 0.2) is 36.5 Å². The second-order valence-corrected chi connectivity index (χ2v) is 6.11. The van der Waals surface area contributed by atoms with Crippen molar-refractivity contribution in [2.75, 3.05) is 25.5 Å². The van der Waals surface area contributed by atoms with E-state index in [1.807, 2.05) is 50.4 Å². The van der Waals surface area contributed by atoms with Gasteiger partial charge in [-0.1, -0.05) is 0 Å². The predicted molar refractivity (Wildman–Crippen MR) is 101 cm³/mol. The molecule has 7 heteroatoms. The molecule has 3 rings (SSSR count). The molecule has 2 aromatic heterocycles. The van der Waals surface area contributed by atoms with Crippen LogP contribution in [0.1, 0.15) is 11.4 Å². The monoisotopic (exact) mass is 353 g/mol. The largest absolute Gasteiger partial charge is 0.497 e. The summed E-state index contributed by atoms with van der Waals surface area (Å²) in [6.07, 6.45) is 2.01. The van der Waals surface area contributed by atoms with Crippen LogP contribution >= 0.6 is 0 Å². The number of hydrogen-bond donors (Lipinski definition) is 2. The smallest absolute Gasteiger partial charge is 0.239 e. The summed E-state index contributed by atoms with van der Waals surface area (Å²) in [6, 6.07) is 9.89. The van der Waals surface area contributed by atoms with Crippen LogP contribution in [-0.4, -0.2) is 40.6 Å². The fraction of sp³-hybridized carbons (Fsp3) is 0.316. The summed E-state index contributed by atoms with van der Waals surface area (Å²) < 4.78 is 7.35. The zero-order valence-corrected chi connectivity index (χ0v) is 15.2. The molecule has 0 saturated heterocycles. The summed E-state index contributed by atoms with van der Waals surface area (Å²) in [7, 11) is 1.66. The van der Waals surface area contributed by atoms with Crippen LogP contribution in [0.4, 0.5) is 5.95 Å². The van der Waals surface area contributed by atoms with Gasteiger partial charge in [0.15, 0.2) is 0 Å². The Kier molecular flexibility index (Phi) is 5.36. The fourth-order valence-electron chi connectivity index (χ4n) is 2.84. The molecule has 1 amide bonds. The van der Waals surface area contributed by atoms with Gasteiger partial charge in [-0.15, -0.1) is 0 Å². The van der Waals surface area contributed by atoms with Crippen molar-refractivity contribution in [2.24, 2.45) is 0 Å². The number of aromatic nitrogens is 3. The highest BCUT2D eigenvalue weighted by molar-refractivity contribution is 5.82. The molecule has 0 atom stereocenters. The van der Waals surface area contributed by atoms with E-state index in [-0.39, 0.29) is 12.5 Å². The number of anilines is 1. The van der Waals surface area contributed by atoms with Crippen molar-refractivity contribution < 1.29 is 9.53 Å². The van der Waals surface area contributed by atoms with Crippen LogP contribution in [0, 0.1) is 13.8 Å². The standard InChI is InChI=1S/C19H23N5O2/c1-13-10-14(2)23-19(22-13)21-12-18(25)20-7-9-24-8-6-15-11-16(26-3)4-5-17(15)24/h4-6,8,10-11H,7,9,12H2,1-3H3,(H,20,25)(H,21,22,23). The van der Waals surface area contributed by atoms with E-state index in [0.29, 0.717) is 19.0 Å². The second kappa shape index (κ2) is 7.86. The van der Waals surface area contributed by atoms with Crippen LogP contribution in [0.25, 0.3) is 10.9 Å². The lowest BCUT2D eigenvalue weighted by Crippen LogP contribution is -2.32. The molecule has 26 heavy (non-hydrogen) atoms. The third-order valence-electron chi connectivity index (χ3n) is 4.04. The van der Waals surface area contributed by atoms with Gasteiger partial charge >= 0.3 is 0 Å². The minimum Gasteiger partial charge on any atom is -0.497 e. The maximum atomic E-state index is 12.0. The van der Waals surface area contributed by atoms with Crippen LogP contribution < -0.4 is 15.4 Å². The average molecular weight is 353 g/mol. The number of nitrogens with zero attached hydrogens (tertiary/aromatic N) is 3. The fourth-order valence-corrected chi connectivity index (χ4v) is 2.84. The van der Waals surface area contributed by atoms with Crippen molar-refractivity contribution in [3.8, 4) is 5.75 Å².